The molecule has 1 aromatic rings. The van der Waals surface area contributed by atoms with Crippen molar-refractivity contribution in [2.75, 3.05) is 0 Å². The molecule has 1 nitrogen and oxygen atoms in total. The third-order valence-electron chi connectivity index (χ3n) is 2.87. The first-order valence-electron chi connectivity index (χ1n) is 4.82. The molecule has 0 unspecified atom stereocenters. The van der Waals surface area contributed by atoms with Crippen molar-refractivity contribution in [2.45, 2.75) is 33.1 Å². The summed E-state index contributed by atoms with van der Waals surface area (Å²) in [5.74, 6) is 0.323. The Morgan fingerprint density at radius 1 is 1.08 bits per heavy atom. The third-order valence-corrected chi connectivity index (χ3v) is 2.87. The van der Waals surface area contributed by atoms with E-state index in [0.29, 0.717) is 5.78 Å². The Labute approximate surface area is 78.8 Å². The first kappa shape index (κ1) is 8.49. The molecule has 2 rings (SSSR count). The number of aryl methyl sites for hydroxylation is 3. The third kappa shape index (κ3) is 1.39. The van der Waals surface area contributed by atoms with Gasteiger partial charge in [-0.25, -0.2) is 0 Å². The molecule has 0 aliphatic heterocycles. The van der Waals surface area contributed by atoms with E-state index in [-0.39, 0.29) is 0 Å². The predicted molar refractivity (Wildman–Crippen MR) is 53.2 cm³/mol. The van der Waals surface area contributed by atoms with E-state index in [9.17, 15) is 4.79 Å². The van der Waals surface area contributed by atoms with Gasteiger partial charge in [0.15, 0.2) is 5.78 Å². The molecule has 68 valence electrons. The number of rotatable bonds is 0. The number of fused-ring (bicyclic) bond motifs is 1. The Balaban J connectivity index is 2.58. The quantitative estimate of drug-likeness (QED) is 0.591. The van der Waals surface area contributed by atoms with Crippen LogP contribution in [-0.4, -0.2) is 5.78 Å². The van der Waals surface area contributed by atoms with Gasteiger partial charge in [-0.15, -0.1) is 0 Å². The summed E-state index contributed by atoms with van der Waals surface area (Å²) in [6.07, 6.45) is 2.83. The Morgan fingerprint density at radius 3 is 2.54 bits per heavy atom. The number of hydrogen-bond donors (Lipinski definition) is 0. The fourth-order valence-electron chi connectivity index (χ4n) is 1.92. The molecule has 0 aromatic heterocycles. The molecular formula is C12H14O. The minimum atomic E-state index is 0.323. The molecule has 1 aromatic carbocycles. The molecule has 1 aliphatic carbocycles. The van der Waals surface area contributed by atoms with E-state index in [1.54, 1.807) is 0 Å². The highest BCUT2D eigenvalue weighted by molar-refractivity contribution is 5.98. The van der Waals surface area contributed by atoms with Crippen LogP contribution in [0, 0.1) is 13.8 Å². The van der Waals surface area contributed by atoms with Gasteiger partial charge in [0.25, 0.3) is 0 Å². The van der Waals surface area contributed by atoms with E-state index < -0.39 is 0 Å². The summed E-state index contributed by atoms with van der Waals surface area (Å²) < 4.78 is 0. The predicted octanol–water partition coefficient (Wildman–Crippen LogP) is 2.82. The van der Waals surface area contributed by atoms with Gasteiger partial charge < -0.3 is 0 Å². The zero-order valence-electron chi connectivity index (χ0n) is 8.18. The zero-order chi connectivity index (χ0) is 9.42. The Morgan fingerprint density at radius 2 is 1.77 bits per heavy atom. The average molecular weight is 174 g/mol. The molecular weight excluding hydrogens is 160 g/mol. The molecule has 0 saturated heterocycles. The highest BCUT2D eigenvalue weighted by atomic mass is 16.1. The van der Waals surface area contributed by atoms with Crippen LogP contribution >= 0.6 is 0 Å². The fraction of sp³-hybridized carbons (Fsp3) is 0.417. The molecule has 0 N–H and O–H groups in total. The van der Waals surface area contributed by atoms with Crippen molar-refractivity contribution in [3.05, 3.63) is 34.4 Å². The lowest BCUT2D eigenvalue weighted by Crippen LogP contribution is -2.11. The molecule has 0 fully saturated rings. The lowest BCUT2D eigenvalue weighted by molar-refractivity contribution is 0.0972. The molecule has 0 heterocycles. The van der Waals surface area contributed by atoms with Crippen molar-refractivity contribution in [3.63, 3.8) is 0 Å². The van der Waals surface area contributed by atoms with E-state index in [1.807, 2.05) is 6.07 Å². The van der Waals surface area contributed by atoms with Crippen LogP contribution in [0.2, 0.25) is 0 Å². The van der Waals surface area contributed by atoms with Crippen molar-refractivity contribution in [3.8, 4) is 0 Å². The second-order valence-corrected chi connectivity index (χ2v) is 3.87. The minimum absolute atomic E-state index is 0.323. The van der Waals surface area contributed by atoms with Crippen LogP contribution in [0.5, 0.6) is 0 Å². The zero-order valence-corrected chi connectivity index (χ0v) is 8.18. The van der Waals surface area contributed by atoms with Gasteiger partial charge in [-0.3, -0.25) is 4.79 Å². The summed E-state index contributed by atoms with van der Waals surface area (Å²) in [4.78, 5) is 11.5. The Kier molecular flexibility index (Phi) is 1.95. The smallest absolute Gasteiger partial charge is 0.163 e. The molecule has 0 atom stereocenters. The molecule has 1 aliphatic rings. The molecule has 0 bridgehead atoms. The van der Waals surface area contributed by atoms with Crippen LogP contribution in [-0.2, 0) is 6.42 Å². The molecule has 0 radical (unpaired) electrons. The van der Waals surface area contributed by atoms with Crippen LogP contribution in [0.15, 0.2) is 12.1 Å². The normalized spacial score (nSPS) is 15.7. The van der Waals surface area contributed by atoms with Crippen molar-refractivity contribution in [2.24, 2.45) is 0 Å². The van der Waals surface area contributed by atoms with Crippen molar-refractivity contribution in [1.29, 1.82) is 0 Å². The van der Waals surface area contributed by atoms with Crippen molar-refractivity contribution >= 4 is 5.78 Å². The SMILES string of the molecule is Cc1cc2c(cc1C)C(=O)CCC2. The summed E-state index contributed by atoms with van der Waals surface area (Å²) in [6, 6.07) is 4.22. The highest BCUT2D eigenvalue weighted by Crippen LogP contribution is 2.24. The van der Waals surface area contributed by atoms with Gasteiger partial charge in [-0.05, 0) is 49.4 Å². The van der Waals surface area contributed by atoms with Crippen molar-refractivity contribution in [1.82, 2.24) is 0 Å². The van der Waals surface area contributed by atoms with E-state index in [0.717, 1.165) is 24.8 Å². The van der Waals surface area contributed by atoms with Crippen molar-refractivity contribution < 1.29 is 4.79 Å². The first-order valence-corrected chi connectivity index (χ1v) is 4.82. The summed E-state index contributed by atoms with van der Waals surface area (Å²) in [5, 5.41) is 0. The lowest BCUT2D eigenvalue weighted by Gasteiger charge is -2.16. The maximum absolute atomic E-state index is 11.5. The van der Waals surface area contributed by atoms with Gasteiger partial charge in [0.05, 0.1) is 0 Å². The van der Waals surface area contributed by atoms with Crippen LogP contribution in [0.25, 0.3) is 0 Å². The standard InChI is InChI=1S/C12H14O/c1-8-6-10-4-3-5-12(13)11(10)7-9(8)2/h6-7H,3-5H2,1-2H3. The van der Waals surface area contributed by atoms with Gasteiger partial charge >= 0.3 is 0 Å². The average Bonchev–Trinajstić information content (AvgIpc) is 2.09. The van der Waals surface area contributed by atoms with Crippen LogP contribution in [0.3, 0.4) is 0 Å². The molecule has 0 saturated carbocycles. The van der Waals surface area contributed by atoms with E-state index in [2.05, 4.69) is 19.9 Å². The van der Waals surface area contributed by atoms with Gasteiger partial charge in [0, 0.05) is 12.0 Å². The minimum Gasteiger partial charge on any atom is -0.294 e. The van der Waals surface area contributed by atoms with Gasteiger partial charge in [-0.2, -0.15) is 0 Å². The number of Topliss-reactive ketones (excluding diaryl/α,β-unsaturated/α-hetero) is 1. The van der Waals surface area contributed by atoms with E-state index in [4.69, 9.17) is 0 Å². The highest BCUT2D eigenvalue weighted by Gasteiger charge is 2.17. The van der Waals surface area contributed by atoms with Crippen LogP contribution in [0.1, 0.15) is 39.9 Å². The summed E-state index contributed by atoms with van der Waals surface area (Å²) >= 11 is 0. The summed E-state index contributed by atoms with van der Waals surface area (Å²) in [6.45, 7) is 4.17. The van der Waals surface area contributed by atoms with Gasteiger partial charge in [-0.1, -0.05) is 6.07 Å². The molecule has 13 heavy (non-hydrogen) atoms. The van der Waals surface area contributed by atoms with Crippen LogP contribution in [0.4, 0.5) is 0 Å². The Hall–Kier alpha value is -1.11. The van der Waals surface area contributed by atoms with E-state index in [1.165, 1.54) is 16.7 Å². The Bertz CT molecular complexity index is 364. The monoisotopic (exact) mass is 174 g/mol. The number of ketones is 1. The second-order valence-electron chi connectivity index (χ2n) is 3.87. The summed E-state index contributed by atoms with van der Waals surface area (Å²) in [5.41, 5.74) is 4.75. The molecule has 0 amide bonds. The van der Waals surface area contributed by atoms with Crippen LogP contribution < -0.4 is 0 Å². The second kappa shape index (κ2) is 2.99. The molecule has 1 heteroatoms. The summed E-state index contributed by atoms with van der Waals surface area (Å²) in [7, 11) is 0. The molecule has 0 spiro atoms. The maximum atomic E-state index is 11.5. The fourth-order valence-corrected chi connectivity index (χ4v) is 1.92. The topological polar surface area (TPSA) is 17.1 Å². The number of hydrogen-bond acceptors (Lipinski definition) is 1. The van der Waals surface area contributed by atoms with Gasteiger partial charge in [0.1, 0.15) is 0 Å². The van der Waals surface area contributed by atoms with E-state index >= 15 is 0 Å². The first-order chi connectivity index (χ1) is 6.18. The number of carbonyl (C=O) groups excluding carboxylic acids is 1. The number of carbonyl (C=O) groups is 1. The maximum Gasteiger partial charge on any atom is 0.163 e. The lowest BCUT2D eigenvalue weighted by atomic mass is 9.88. The van der Waals surface area contributed by atoms with Gasteiger partial charge in [0.2, 0.25) is 0 Å². The number of benzene rings is 1. The largest absolute Gasteiger partial charge is 0.294 e.